The number of ether oxygens (including phenoxy) is 3. The maximum atomic E-state index is 14.7. The van der Waals surface area contributed by atoms with E-state index in [1.807, 2.05) is 13.0 Å². The number of cyclic esters (lactones) is 1. The summed E-state index contributed by atoms with van der Waals surface area (Å²) in [5, 5.41) is 7.99. The lowest BCUT2D eigenvalue weighted by molar-refractivity contribution is -0.164. The molecule has 0 bridgehead atoms. The number of hydrogen-bond acceptors (Lipinski definition) is 10. The van der Waals surface area contributed by atoms with Crippen molar-refractivity contribution < 1.29 is 56.6 Å². The highest BCUT2D eigenvalue weighted by molar-refractivity contribution is 5.98. The van der Waals surface area contributed by atoms with Crippen molar-refractivity contribution in [2.75, 3.05) is 39.5 Å². The molecule has 6 amide bonds. The fourth-order valence-corrected chi connectivity index (χ4v) is 8.76. The van der Waals surface area contributed by atoms with Crippen molar-refractivity contribution in [1.82, 2.24) is 30.7 Å². The van der Waals surface area contributed by atoms with Crippen LogP contribution in [0.25, 0.3) is 0 Å². The standard InChI is InChI=1S/C42H50F2N6O10/c1-22-13-32-42(57)60-24(3)36(41(56)48-9-4-5-31(48)40(55)49-10-12-58-21-33(49)38(53)45-23(2)39(54)50(32)20-22)47-37(52)30(16-26-14-28(43)19-29(44)15-26)46-35(51)18-25-6-7-27-8-11-59-34(27)17-25/h6-7,14-15,17,19,22-24,30-33,36H,4-5,8-13,16,18,20-21H2,1-3H3,(H,45,53)(H,46,51)(H,47,52)/t22-,23-,24-,30-,31-,32-,33-,36-/m0/s1. The first-order chi connectivity index (χ1) is 28.7. The normalized spacial score (nSPS) is 27.9. The third-order valence-electron chi connectivity index (χ3n) is 11.8. The molecule has 8 atom stereocenters. The molecule has 18 heteroatoms. The lowest BCUT2D eigenvalue weighted by Gasteiger charge is -2.39. The molecule has 60 heavy (non-hydrogen) atoms. The van der Waals surface area contributed by atoms with Crippen LogP contribution in [0, 0.1) is 17.6 Å². The molecule has 0 saturated carbocycles. The number of fused-ring (bicyclic) bond motifs is 4. The quantitative estimate of drug-likeness (QED) is 0.332. The molecule has 2 aromatic carbocycles. The second-order valence-corrected chi connectivity index (χ2v) is 16.3. The fourth-order valence-electron chi connectivity index (χ4n) is 8.76. The lowest BCUT2D eigenvalue weighted by Crippen LogP contribution is -2.64. The van der Waals surface area contributed by atoms with Crippen LogP contribution in [0.5, 0.6) is 5.75 Å². The summed E-state index contributed by atoms with van der Waals surface area (Å²) in [6.45, 7) is 5.55. The Bertz CT molecular complexity index is 2030. The number of carbonyl (C=O) groups excluding carboxylic acids is 7. The van der Waals surface area contributed by atoms with Gasteiger partial charge in [-0.15, -0.1) is 0 Å². The average molecular weight is 837 g/mol. The second-order valence-electron chi connectivity index (χ2n) is 16.3. The van der Waals surface area contributed by atoms with Gasteiger partial charge in [0.15, 0.2) is 0 Å². The van der Waals surface area contributed by atoms with E-state index in [-0.39, 0.29) is 63.6 Å². The van der Waals surface area contributed by atoms with Crippen LogP contribution >= 0.6 is 0 Å². The molecule has 0 aliphatic carbocycles. The topological polar surface area (TPSA) is 193 Å². The number of carbonyl (C=O) groups is 7. The minimum absolute atomic E-state index is 0.0336. The number of morpholine rings is 1. The van der Waals surface area contributed by atoms with Crippen molar-refractivity contribution >= 4 is 41.4 Å². The molecule has 5 aliphatic heterocycles. The van der Waals surface area contributed by atoms with Crippen molar-refractivity contribution in [1.29, 1.82) is 0 Å². The van der Waals surface area contributed by atoms with Crippen molar-refractivity contribution in [2.45, 2.75) is 102 Å². The lowest BCUT2D eigenvalue weighted by atomic mass is 10.0. The number of esters is 1. The minimum Gasteiger partial charge on any atom is -0.493 e. The van der Waals surface area contributed by atoms with Crippen LogP contribution in [0.2, 0.25) is 0 Å². The van der Waals surface area contributed by atoms with E-state index >= 15 is 0 Å². The van der Waals surface area contributed by atoms with Gasteiger partial charge in [0, 0.05) is 38.5 Å². The van der Waals surface area contributed by atoms with Gasteiger partial charge >= 0.3 is 5.97 Å². The Hall–Kier alpha value is -5.65. The van der Waals surface area contributed by atoms with Gasteiger partial charge in [0.2, 0.25) is 35.4 Å². The molecule has 322 valence electrons. The van der Waals surface area contributed by atoms with Gasteiger partial charge in [-0.25, -0.2) is 13.6 Å². The summed E-state index contributed by atoms with van der Waals surface area (Å²) in [6.07, 6.45) is -0.370. The summed E-state index contributed by atoms with van der Waals surface area (Å²) in [6, 6.07) is 0.592. The Kier molecular flexibility index (Phi) is 12.7. The zero-order chi connectivity index (χ0) is 42.8. The van der Waals surface area contributed by atoms with Gasteiger partial charge in [0.1, 0.15) is 59.7 Å². The Balaban J connectivity index is 1.20. The Morgan fingerprint density at radius 3 is 2.38 bits per heavy atom. The smallest absolute Gasteiger partial charge is 0.329 e. The zero-order valence-electron chi connectivity index (χ0n) is 33.7. The van der Waals surface area contributed by atoms with Gasteiger partial charge in [0.25, 0.3) is 0 Å². The van der Waals surface area contributed by atoms with E-state index in [4.69, 9.17) is 14.2 Å². The van der Waals surface area contributed by atoms with Crippen LogP contribution in [0.1, 0.15) is 56.7 Å². The molecule has 16 nitrogen and oxygen atoms in total. The predicted octanol–water partition coefficient (Wildman–Crippen LogP) is 0.560. The Morgan fingerprint density at radius 1 is 0.867 bits per heavy atom. The number of amides is 6. The molecule has 5 heterocycles. The third kappa shape index (κ3) is 9.22. The molecule has 0 aromatic heterocycles. The molecule has 3 N–H and O–H groups in total. The maximum Gasteiger partial charge on any atom is 0.329 e. The van der Waals surface area contributed by atoms with Gasteiger partial charge in [0.05, 0.1) is 26.2 Å². The van der Waals surface area contributed by atoms with Crippen LogP contribution in [0.3, 0.4) is 0 Å². The third-order valence-corrected chi connectivity index (χ3v) is 11.8. The van der Waals surface area contributed by atoms with Crippen LogP contribution in [-0.4, -0.2) is 138 Å². The number of nitrogens with one attached hydrogen (secondary N) is 3. The molecule has 5 aliphatic rings. The van der Waals surface area contributed by atoms with Crippen molar-refractivity contribution in [3.8, 4) is 5.75 Å². The average Bonchev–Trinajstić information content (AvgIpc) is 3.98. The molecule has 4 fully saturated rings. The van der Waals surface area contributed by atoms with Crippen LogP contribution in [0.15, 0.2) is 36.4 Å². The summed E-state index contributed by atoms with van der Waals surface area (Å²) in [4.78, 5) is 102. The van der Waals surface area contributed by atoms with E-state index in [1.165, 1.54) is 28.5 Å². The van der Waals surface area contributed by atoms with Gasteiger partial charge in [-0.05, 0) is 73.9 Å². The van der Waals surface area contributed by atoms with Crippen LogP contribution in [0.4, 0.5) is 8.78 Å². The van der Waals surface area contributed by atoms with Gasteiger partial charge in [-0.2, -0.15) is 0 Å². The molecule has 4 saturated heterocycles. The van der Waals surface area contributed by atoms with E-state index in [0.29, 0.717) is 30.4 Å². The Morgan fingerprint density at radius 2 is 1.62 bits per heavy atom. The molecule has 7 rings (SSSR count). The number of benzene rings is 2. The van der Waals surface area contributed by atoms with Crippen LogP contribution < -0.4 is 20.7 Å². The van der Waals surface area contributed by atoms with Crippen LogP contribution in [-0.2, 0) is 62.3 Å². The highest BCUT2D eigenvalue weighted by atomic mass is 19.1. The van der Waals surface area contributed by atoms with E-state index in [0.717, 1.165) is 24.1 Å². The maximum absolute atomic E-state index is 14.7. The van der Waals surface area contributed by atoms with E-state index in [2.05, 4.69) is 16.0 Å². The summed E-state index contributed by atoms with van der Waals surface area (Å²) < 4.78 is 45.9. The van der Waals surface area contributed by atoms with E-state index in [9.17, 15) is 42.3 Å². The molecule has 0 spiro atoms. The van der Waals surface area contributed by atoms with Gasteiger partial charge < -0.3 is 44.9 Å². The summed E-state index contributed by atoms with van der Waals surface area (Å²) in [5.74, 6) is -6.19. The van der Waals surface area contributed by atoms with Crippen molar-refractivity contribution in [3.05, 3.63) is 64.7 Å². The van der Waals surface area contributed by atoms with Crippen molar-refractivity contribution in [3.63, 3.8) is 0 Å². The highest BCUT2D eigenvalue weighted by Crippen LogP contribution is 2.29. The van der Waals surface area contributed by atoms with E-state index < -0.39 is 102 Å². The summed E-state index contributed by atoms with van der Waals surface area (Å²) in [5.41, 5.74) is 1.61. The molecule has 0 radical (unpaired) electrons. The first-order valence-corrected chi connectivity index (χ1v) is 20.5. The Labute approximate surface area is 345 Å². The summed E-state index contributed by atoms with van der Waals surface area (Å²) >= 11 is 0. The number of halogens is 2. The monoisotopic (exact) mass is 836 g/mol. The van der Waals surface area contributed by atoms with Crippen molar-refractivity contribution in [2.24, 2.45) is 5.92 Å². The zero-order valence-corrected chi connectivity index (χ0v) is 33.7. The number of hydrogen-bond donors (Lipinski definition) is 3. The second kappa shape index (κ2) is 17.9. The molecular formula is C42H50F2N6O10. The van der Waals surface area contributed by atoms with Gasteiger partial charge in [-0.1, -0.05) is 19.1 Å². The fraction of sp³-hybridized carbons (Fsp3) is 0.548. The SMILES string of the molecule is C[C@H]1C[C@H]2C(=O)O[C@@H](C)[C@H](NC(=O)[C@H](Cc3cc(F)cc(F)c3)NC(=O)Cc3ccc4c(c3)OCC4)C(=O)N3CCC[C@H]3C(=O)N3CCOC[C@H]3C(=O)N[C@@H](C)C(=O)N2C1. The summed E-state index contributed by atoms with van der Waals surface area (Å²) in [7, 11) is 0. The minimum atomic E-state index is -1.63. The first-order valence-electron chi connectivity index (χ1n) is 20.5. The molecular weight excluding hydrogens is 786 g/mol. The largest absolute Gasteiger partial charge is 0.493 e. The number of rotatable bonds is 7. The first kappa shape index (κ1) is 42.5. The molecule has 0 unspecified atom stereocenters. The van der Waals surface area contributed by atoms with Gasteiger partial charge in [-0.3, -0.25) is 28.8 Å². The highest BCUT2D eigenvalue weighted by Gasteiger charge is 2.47. The predicted molar refractivity (Wildman–Crippen MR) is 207 cm³/mol. The number of nitrogens with zero attached hydrogens (tertiary/aromatic N) is 3. The molecule has 2 aromatic rings. The van der Waals surface area contributed by atoms with E-state index in [1.54, 1.807) is 12.1 Å².